The third-order valence-corrected chi connectivity index (χ3v) is 5.96. The number of hydrogen-bond donors (Lipinski definition) is 3. The number of nitrogens with zero attached hydrogens (tertiary/aromatic N) is 4. The topological polar surface area (TPSA) is 143 Å². The first-order valence-corrected chi connectivity index (χ1v) is 11.3. The number of fused-ring (bicyclic) bond motifs is 1. The smallest absolute Gasteiger partial charge is 0.330 e. The molecule has 10 nitrogen and oxygen atoms in total. The molecule has 0 aliphatic heterocycles. The standard InChI is InChI=1S/C21H20ClN7O3S/c1-2-28(15(30)11-33-20-25-14-8-13(22)9-24-18(14)26-20)16-17(23)29(21(32)27-19(16)31)10-12-6-4-3-5-7-12/h3-9H,2,10-11,23H2,1H3,(H,24,25,26)(H,27,31,32). The van der Waals surface area contributed by atoms with Gasteiger partial charge in [0.05, 0.1) is 22.8 Å². The maximum Gasteiger partial charge on any atom is 0.330 e. The molecule has 170 valence electrons. The molecule has 3 aromatic heterocycles. The van der Waals surface area contributed by atoms with Crippen molar-refractivity contribution in [3.05, 3.63) is 74.0 Å². The number of halogens is 1. The molecule has 3 heterocycles. The molecule has 0 saturated carbocycles. The van der Waals surface area contributed by atoms with Crippen LogP contribution in [0.1, 0.15) is 12.5 Å². The van der Waals surface area contributed by atoms with Crippen molar-refractivity contribution in [1.82, 2.24) is 24.5 Å². The van der Waals surface area contributed by atoms with Crippen molar-refractivity contribution in [2.45, 2.75) is 18.6 Å². The number of nitrogens with one attached hydrogen (secondary N) is 2. The highest BCUT2D eigenvalue weighted by Crippen LogP contribution is 2.23. The number of amides is 1. The fraction of sp³-hybridized carbons (Fsp3) is 0.190. The molecule has 4 rings (SSSR count). The van der Waals surface area contributed by atoms with Gasteiger partial charge in [0.15, 0.2) is 16.5 Å². The van der Waals surface area contributed by atoms with Gasteiger partial charge in [-0.15, -0.1) is 0 Å². The minimum absolute atomic E-state index is 0.0158. The Labute approximate surface area is 196 Å². The van der Waals surface area contributed by atoms with Crippen molar-refractivity contribution in [2.75, 3.05) is 22.9 Å². The maximum atomic E-state index is 13.0. The summed E-state index contributed by atoms with van der Waals surface area (Å²) in [6, 6.07) is 10.9. The van der Waals surface area contributed by atoms with Gasteiger partial charge >= 0.3 is 5.69 Å². The maximum absolute atomic E-state index is 13.0. The van der Waals surface area contributed by atoms with Crippen LogP contribution in [0, 0.1) is 0 Å². The Morgan fingerprint density at radius 3 is 2.73 bits per heavy atom. The third-order valence-electron chi connectivity index (χ3n) is 4.90. The van der Waals surface area contributed by atoms with Crippen molar-refractivity contribution >= 4 is 51.9 Å². The van der Waals surface area contributed by atoms with Crippen molar-refractivity contribution < 1.29 is 4.79 Å². The molecule has 33 heavy (non-hydrogen) atoms. The number of H-pyrrole nitrogens is 2. The summed E-state index contributed by atoms with van der Waals surface area (Å²) in [4.78, 5) is 53.1. The molecule has 0 aliphatic rings. The van der Waals surface area contributed by atoms with Gasteiger partial charge < -0.3 is 15.6 Å². The van der Waals surface area contributed by atoms with Gasteiger partial charge in [-0.05, 0) is 18.6 Å². The van der Waals surface area contributed by atoms with E-state index in [1.807, 2.05) is 30.3 Å². The highest BCUT2D eigenvalue weighted by Gasteiger charge is 2.23. The van der Waals surface area contributed by atoms with E-state index in [-0.39, 0.29) is 36.3 Å². The number of nitrogens with two attached hydrogens (primary N) is 1. The zero-order chi connectivity index (χ0) is 23.5. The van der Waals surface area contributed by atoms with Gasteiger partial charge in [0.2, 0.25) is 5.91 Å². The highest BCUT2D eigenvalue weighted by molar-refractivity contribution is 7.99. The summed E-state index contributed by atoms with van der Waals surface area (Å²) < 4.78 is 1.24. The number of anilines is 2. The summed E-state index contributed by atoms with van der Waals surface area (Å²) in [6.45, 7) is 2.07. The second kappa shape index (κ2) is 9.51. The Hall–Kier alpha value is -3.57. The number of benzene rings is 1. The Bertz CT molecular complexity index is 1430. The summed E-state index contributed by atoms with van der Waals surface area (Å²) in [5.74, 6) is -0.454. The molecule has 1 amide bonds. The Morgan fingerprint density at radius 1 is 1.24 bits per heavy atom. The monoisotopic (exact) mass is 485 g/mol. The van der Waals surface area contributed by atoms with E-state index >= 15 is 0 Å². The highest BCUT2D eigenvalue weighted by atomic mass is 35.5. The molecular weight excluding hydrogens is 466 g/mol. The predicted octanol–water partition coefficient (Wildman–Crippen LogP) is 2.24. The molecule has 0 spiro atoms. The Morgan fingerprint density at radius 2 is 2.00 bits per heavy atom. The summed E-state index contributed by atoms with van der Waals surface area (Å²) in [5.41, 5.74) is 6.76. The Kier molecular flexibility index (Phi) is 6.52. The molecule has 4 aromatic rings. The first-order valence-electron chi connectivity index (χ1n) is 9.98. The van der Waals surface area contributed by atoms with E-state index in [4.69, 9.17) is 17.3 Å². The van der Waals surface area contributed by atoms with Crippen molar-refractivity contribution in [2.24, 2.45) is 0 Å². The van der Waals surface area contributed by atoms with Gasteiger partial charge in [0.1, 0.15) is 5.82 Å². The van der Waals surface area contributed by atoms with Crippen molar-refractivity contribution in [1.29, 1.82) is 0 Å². The minimum Gasteiger partial charge on any atom is -0.383 e. The Balaban J connectivity index is 1.59. The second-order valence-electron chi connectivity index (χ2n) is 7.06. The third kappa shape index (κ3) is 4.78. The summed E-state index contributed by atoms with van der Waals surface area (Å²) >= 11 is 7.10. The van der Waals surface area contributed by atoms with E-state index in [0.29, 0.717) is 21.3 Å². The molecular formula is C21H20ClN7O3S. The van der Waals surface area contributed by atoms with E-state index in [1.165, 1.54) is 15.7 Å². The van der Waals surface area contributed by atoms with Gasteiger partial charge in [0.25, 0.3) is 5.56 Å². The number of aromatic nitrogens is 5. The molecule has 1 aromatic carbocycles. The molecule has 0 bridgehead atoms. The van der Waals surface area contributed by atoms with Crippen LogP contribution in [-0.2, 0) is 11.3 Å². The average molecular weight is 486 g/mol. The van der Waals surface area contributed by atoms with Gasteiger partial charge in [-0.3, -0.25) is 19.1 Å². The number of imidazole rings is 1. The van der Waals surface area contributed by atoms with E-state index in [9.17, 15) is 14.4 Å². The number of nitrogen functional groups attached to an aromatic ring is 1. The van der Waals surface area contributed by atoms with Crippen LogP contribution in [0.2, 0.25) is 5.02 Å². The fourth-order valence-electron chi connectivity index (χ4n) is 3.35. The number of thioether (sulfide) groups is 1. The first-order chi connectivity index (χ1) is 15.9. The van der Waals surface area contributed by atoms with Crippen LogP contribution in [0.4, 0.5) is 11.5 Å². The lowest BCUT2D eigenvalue weighted by molar-refractivity contribution is -0.116. The van der Waals surface area contributed by atoms with Crippen LogP contribution in [-0.4, -0.2) is 42.7 Å². The molecule has 0 atom stereocenters. The lowest BCUT2D eigenvalue weighted by Gasteiger charge is -2.23. The second-order valence-corrected chi connectivity index (χ2v) is 8.46. The molecule has 0 radical (unpaired) electrons. The van der Waals surface area contributed by atoms with E-state index in [2.05, 4.69) is 19.9 Å². The molecule has 0 fully saturated rings. The van der Waals surface area contributed by atoms with Gasteiger partial charge in [0, 0.05) is 12.7 Å². The van der Waals surface area contributed by atoms with E-state index < -0.39 is 11.2 Å². The number of hydrogen-bond acceptors (Lipinski definition) is 7. The summed E-state index contributed by atoms with van der Waals surface area (Å²) in [7, 11) is 0. The lowest BCUT2D eigenvalue weighted by Crippen LogP contribution is -2.41. The summed E-state index contributed by atoms with van der Waals surface area (Å²) in [6.07, 6.45) is 1.49. The van der Waals surface area contributed by atoms with Crippen molar-refractivity contribution in [3.63, 3.8) is 0 Å². The van der Waals surface area contributed by atoms with Gasteiger partial charge in [-0.25, -0.2) is 14.8 Å². The number of carbonyl (C=O) groups excluding carboxylic acids is 1. The van der Waals surface area contributed by atoms with Crippen LogP contribution < -0.4 is 21.9 Å². The van der Waals surface area contributed by atoms with Crippen molar-refractivity contribution in [3.8, 4) is 0 Å². The molecule has 4 N–H and O–H groups in total. The lowest BCUT2D eigenvalue weighted by atomic mass is 10.2. The predicted molar refractivity (Wildman–Crippen MR) is 129 cm³/mol. The van der Waals surface area contributed by atoms with Gasteiger partial charge in [-0.1, -0.05) is 53.7 Å². The van der Waals surface area contributed by atoms with Crippen LogP contribution >= 0.6 is 23.4 Å². The van der Waals surface area contributed by atoms with Crippen LogP contribution in [0.15, 0.2) is 57.3 Å². The number of aromatic amines is 2. The fourth-order valence-corrected chi connectivity index (χ4v) is 4.26. The average Bonchev–Trinajstić information content (AvgIpc) is 3.20. The van der Waals surface area contributed by atoms with Crippen LogP contribution in [0.25, 0.3) is 11.2 Å². The molecule has 0 aliphatic carbocycles. The van der Waals surface area contributed by atoms with Crippen LogP contribution in [0.5, 0.6) is 0 Å². The first kappa shape index (κ1) is 22.6. The zero-order valence-corrected chi connectivity index (χ0v) is 19.1. The summed E-state index contributed by atoms with van der Waals surface area (Å²) in [5, 5.41) is 0.955. The largest absolute Gasteiger partial charge is 0.383 e. The number of carbonyl (C=O) groups is 1. The SMILES string of the molecule is CCN(C(=O)CSc1nc2ncc(Cl)cc2[nH]1)c1c(N)n(Cc2ccccc2)c(=O)[nH]c1=O. The van der Waals surface area contributed by atoms with Crippen LogP contribution in [0.3, 0.4) is 0 Å². The van der Waals surface area contributed by atoms with Gasteiger partial charge in [-0.2, -0.15) is 0 Å². The normalized spacial score (nSPS) is 11.1. The minimum atomic E-state index is -0.718. The molecule has 12 heteroatoms. The van der Waals surface area contributed by atoms with E-state index in [0.717, 1.165) is 17.3 Å². The zero-order valence-electron chi connectivity index (χ0n) is 17.5. The molecule has 0 saturated heterocycles. The molecule has 0 unspecified atom stereocenters. The quantitative estimate of drug-likeness (QED) is 0.340. The number of rotatable bonds is 7. The van der Waals surface area contributed by atoms with E-state index in [1.54, 1.807) is 13.0 Å². The number of pyridine rings is 1.